The zero-order valence-corrected chi connectivity index (χ0v) is 9.97. The third kappa shape index (κ3) is 1.71. The van der Waals surface area contributed by atoms with E-state index in [0.717, 1.165) is 0 Å². The van der Waals surface area contributed by atoms with E-state index in [4.69, 9.17) is 0 Å². The quantitative estimate of drug-likeness (QED) is 0.723. The van der Waals surface area contributed by atoms with E-state index in [1.54, 1.807) is 13.8 Å². The van der Waals surface area contributed by atoms with Crippen LogP contribution in [0.15, 0.2) is 11.3 Å². The molecule has 0 radical (unpaired) electrons. The number of hydrogen-bond acceptors (Lipinski definition) is 3. The number of ketones is 2. The second-order valence-corrected chi connectivity index (χ2v) is 5.40. The van der Waals surface area contributed by atoms with Crippen LogP contribution >= 0.6 is 0 Å². The van der Waals surface area contributed by atoms with Gasteiger partial charge in [0.25, 0.3) is 0 Å². The second-order valence-electron chi connectivity index (χ2n) is 5.40. The van der Waals surface area contributed by atoms with Gasteiger partial charge in [0.15, 0.2) is 11.6 Å². The molecule has 0 unspecified atom stereocenters. The molecule has 0 fully saturated rings. The van der Waals surface area contributed by atoms with Crippen molar-refractivity contribution in [2.75, 3.05) is 0 Å². The van der Waals surface area contributed by atoms with Crippen LogP contribution in [0.4, 0.5) is 0 Å². The Morgan fingerprint density at radius 3 is 2.13 bits per heavy atom. The Morgan fingerprint density at radius 1 is 1.27 bits per heavy atom. The second kappa shape index (κ2) is 3.19. The highest BCUT2D eigenvalue weighted by Crippen LogP contribution is 2.45. The monoisotopic (exact) mass is 210 g/mol. The topological polar surface area (TPSA) is 54.4 Å². The maximum Gasteiger partial charge on any atom is 0.159 e. The van der Waals surface area contributed by atoms with Crippen molar-refractivity contribution in [2.45, 2.75) is 41.0 Å². The summed E-state index contributed by atoms with van der Waals surface area (Å²) in [6.07, 6.45) is 0.330. The van der Waals surface area contributed by atoms with Crippen molar-refractivity contribution in [1.29, 1.82) is 0 Å². The van der Waals surface area contributed by atoms with Crippen molar-refractivity contribution in [3.05, 3.63) is 11.3 Å². The van der Waals surface area contributed by atoms with E-state index < -0.39 is 10.8 Å². The average Bonchev–Trinajstić information content (AvgIpc) is 2.09. The highest BCUT2D eigenvalue weighted by molar-refractivity contribution is 6.01. The molecule has 0 atom stereocenters. The van der Waals surface area contributed by atoms with Crippen LogP contribution in [0.1, 0.15) is 41.0 Å². The number of allylic oxidation sites excluding steroid dienone is 2. The van der Waals surface area contributed by atoms with Crippen LogP contribution in [-0.2, 0) is 9.59 Å². The summed E-state index contributed by atoms with van der Waals surface area (Å²) in [5, 5.41) is 9.91. The van der Waals surface area contributed by atoms with Gasteiger partial charge in [-0.25, -0.2) is 0 Å². The minimum atomic E-state index is -0.942. The first-order valence-electron chi connectivity index (χ1n) is 5.09. The Kier molecular flexibility index (Phi) is 2.54. The Balaban J connectivity index is 3.38. The fraction of sp³-hybridized carbons (Fsp3) is 0.667. The predicted molar refractivity (Wildman–Crippen MR) is 57.5 cm³/mol. The molecule has 0 amide bonds. The van der Waals surface area contributed by atoms with Gasteiger partial charge >= 0.3 is 0 Å². The molecule has 1 aliphatic rings. The van der Waals surface area contributed by atoms with Crippen LogP contribution < -0.4 is 0 Å². The first-order valence-corrected chi connectivity index (χ1v) is 5.09. The minimum absolute atomic E-state index is 0.0162. The SMILES string of the molecule is CC(=O)C1=C(O)C(C)(C)C(=O)C(C)(C)C1. The van der Waals surface area contributed by atoms with Crippen molar-refractivity contribution >= 4 is 11.6 Å². The van der Waals surface area contributed by atoms with Gasteiger partial charge in [-0.05, 0) is 27.2 Å². The number of hydrogen-bond donors (Lipinski definition) is 1. The molecule has 0 aromatic heterocycles. The van der Waals surface area contributed by atoms with E-state index in [0.29, 0.717) is 12.0 Å². The average molecular weight is 210 g/mol. The molecule has 3 heteroatoms. The zero-order chi connectivity index (χ0) is 12.0. The summed E-state index contributed by atoms with van der Waals surface area (Å²) >= 11 is 0. The number of rotatable bonds is 1. The molecule has 1 N–H and O–H groups in total. The number of Topliss-reactive ketones (excluding diaryl/α,β-unsaturated/α-hetero) is 2. The standard InChI is InChI=1S/C12H18O3/c1-7(13)8-6-11(2,3)10(15)12(4,5)9(8)14/h14H,6H2,1-5H3. The minimum Gasteiger partial charge on any atom is -0.511 e. The highest BCUT2D eigenvalue weighted by atomic mass is 16.3. The summed E-state index contributed by atoms with van der Waals surface area (Å²) in [6.45, 7) is 8.37. The van der Waals surface area contributed by atoms with Crippen molar-refractivity contribution in [2.24, 2.45) is 10.8 Å². The van der Waals surface area contributed by atoms with Crippen LogP contribution in [0.25, 0.3) is 0 Å². The molecule has 1 aliphatic carbocycles. The van der Waals surface area contributed by atoms with E-state index in [-0.39, 0.29) is 17.3 Å². The van der Waals surface area contributed by atoms with Gasteiger partial charge in [-0.2, -0.15) is 0 Å². The molecule has 0 saturated heterocycles. The Hall–Kier alpha value is -1.12. The predicted octanol–water partition coefficient (Wildman–Crippen LogP) is 2.41. The molecule has 0 saturated carbocycles. The number of carbonyl (C=O) groups excluding carboxylic acids is 2. The van der Waals surface area contributed by atoms with Gasteiger partial charge in [0.2, 0.25) is 0 Å². The summed E-state index contributed by atoms with van der Waals surface area (Å²) in [7, 11) is 0. The molecule has 0 aromatic rings. The van der Waals surface area contributed by atoms with Crippen LogP contribution in [0, 0.1) is 10.8 Å². The highest BCUT2D eigenvalue weighted by Gasteiger charge is 2.48. The van der Waals surface area contributed by atoms with Gasteiger partial charge in [-0.15, -0.1) is 0 Å². The summed E-state index contributed by atoms with van der Waals surface area (Å²) in [6, 6.07) is 0. The molecule has 84 valence electrons. The first kappa shape index (κ1) is 12.0. The van der Waals surface area contributed by atoms with Crippen LogP contribution in [0.3, 0.4) is 0 Å². The summed E-state index contributed by atoms with van der Waals surface area (Å²) < 4.78 is 0. The van der Waals surface area contributed by atoms with Gasteiger partial charge in [0, 0.05) is 11.0 Å². The molecular formula is C12H18O3. The lowest BCUT2D eigenvalue weighted by Crippen LogP contribution is -2.43. The van der Waals surface area contributed by atoms with Gasteiger partial charge in [0.05, 0.1) is 5.41 Å². The molecule has 0 bridgehead atoms. The van der Waals surface area contributed by atoms with Crippen molar-refractivity contribution in [3.8, 4) is 0 Å². The van der Waals surface area contributed by atoms with E-state index in [1.165, 1.54) is 6.92 Å². The first-order chi connectivity index (χ1) is 6.60. The molecular weight excluding hydrogens is 192 g/mol. The van der Waals surface area contributed by atoms with E-state index in [9.17, 15) is 14.7 Å². The van der Waals surface area contributed by atoms with E-state index in [2.05, 4.69) is 0 Å². The normalized spacial score (nSPS) is 24.2. The third-order valence-corrected chi connectivity index (χ3v) is 3.10. The molecule has 0 aromatic carbocycles. The molecule has 0 aliphatic heterocycles. The van der Waals surface area contributed by atoms with E-state index >= 15 is 0 Å². The van der Waals surface area contributed by atoms with Gasteiger partial charge in [0.1, 0.15) is 5.76 Å². The number of carbonyl (C=O) groups is 2. The Bertz CT molecular complexity index is 359. The lowest BCUT2D eigenvalue weighted by atomic mass is 9.64. The third-order valence-electron chi connectivity index (χ3n) is 3.10. The Labute approximate surface area is 90.2 Å². The lowest BCUT2D eigenvalue weighted by Gasteiger charge is -2.38. The molecule has 15 heavy (non-hydrogen) atoms. The fourth-order valence-corrected chi connectivity index (χ4v) is 2.23. The fourth-order valence-electron chi connectivity index (χ4n) is 2.23. The molecule has 0 spiro atoms. The van der Waals surface area contributed by atoms with Crippen molar-refractivity contribution in [1.82, 2.24) is 0 Å². The summed E-state index contributed by atoms with van der Waals surface area (Å²) in [4.78, 5) is 23.4. The van der Waals surface area contributed by atoms with Crippen LogP contribution in [0.2, 0.25) is 0 Å². The molecule has 3 nitrogen and oxygen atoms in total. The molecule has 1 rings (SSSR count). The number of aliphatic hydroxyl groups is 1. The van der Waals surface area contributed by atoms with Gasteiger partial charge < -0.3 is 5.11 Å². The van der Waals surface area contributed by atoms with Crippen molar-refractivity contribution < 1.29 is 14.7 Å². The van der Waals surface area contributed by atoms with Crippen LogP contribution in [-0.4, -0.2) is 16.7 Å². The molecule has 0 heterocycles. The number of aliphatic hydroxyl groups excluding tert-OH is 1. The van der Waals surface area contributed by atoms with Gasteiger partial charge in [-0.1, -0.05) is 13.8 Å². The summed E-state index contributed by atoms with van der Waals surface area (Å²) in [5.74, 6) is -0.224. The van der Waals surface area contributed by atoms with Gasteiger partial charge in [-0.3, -0.25) is 9.59 Å². The maximum atomic E-state index is 12.0. The summed E-state index contributed by atoms with van der Waals surface area (Å²) in [5.41, 5.74) is -1.12. The smallest absolute Gasteiger partial charge is 0.159 e. The van der Waals surface area contributed by atoms with E-state index in [1.807, 2.05) is 13.8 Å². The van der Waals surface area contributed by atoms with Crippen LogP contribution in [0.5, 0.6) is 0 Å². The zero-order valence-electron chi connectivity index (χ0n) is 9.97. The van der Waals surface area contributed by atoms with Crippen molar-refractivity contribution in [3.63, 3.8) is 0 Å². The lowest BCUT2D eigenvalue weighted by molar-refractivity contribution is -0.137. The largest absolute Gasteiger partial charge is 0.511 e. The maximum absolute atomic E-state index is 12.0. The Morgan fingerprint density at radius 2 is 1.73 bits per heavy atom.